The molecule has 0 saturated carbocycles. The second-order valence-electron chi connectivity index (χ2n) is 4.88. The summed E-state index contributed by atoms with van der Waals surface area (Å²) in [5.41, 5.74) is 5.76. The summed E-state index contributed by atoms with van der Waals surface area (Å²) >= 11 is 0. The van der Waals surface area contributed by atoms with E-state index in [1.807, 2.05) is 25.7 Å². The molecule has 0 aromatic rings. The lowest BCUT2D eigenvalue weighted by atomic mass is 10.1. The zero-order valence-electron chi connectivity index (χ0n) is 11.1. The summed E-state index contributed by atoms with van der Waals surface area (Å²) in [4.78, 5) is 27.1. The van der Waals surface area contributed by atoms with Crippen molar-refractivity contribution in [2.45, 2.75) is 52.2 Å². The number of hydrogen-bond donors (Lipinski definition) is 1. The van der Waals surface area contributed by atoms with Crippen molar-refractivity contribution in [3.63, 3.8) is 0 Å². The van der Waals surface area contributed by atoms with Gasteiger partial charge in [0, 0.05) is 32.1 Å². The minimum absolute atomic E-state index is 0.00518. The summed E-state index contributed by atoms with van der Waals surface area (Å²) in [5, 5.41) is 0. The van der Waals surface area contributed by atoms with Crippen molar-refractivity contribution in [3.05, 3.63) is 0 Å². The van der Waals surface area contributed by atoms with Gasteiger partial charge in [-0.05, 0) is 20.3 Å². The Hall–Kier alpha value is -1.10. The van der Waals surface area contributed by atoms with Crippen LogP contribution in [0.25, 0.3) is 0 Å². The molecule has 0 aliphatic carbocycles. The maximum atomic E-state index is 12.0. The number of nitrogens with two attached hydrogens (primary N) is 1. The molecule has 0 radical (unpaired) electrons. The smallest absolute Gasteiger partial charge is 0.239 e. The molecule has 1 aliphatic heterocycles. The molecule has 98 valence electrons. The molecule has 1 fully saturated rings. The van der Waals surface area contributed by atoms with E-state index in [2.05, 4.69) is 0 Å². The molecule has 5 heteroatoms. The van der Waals surface area contributed by atoms with Crippen LogP contribution in [0.15, 0.2) is 0 Å². The largest absolute Gasteiger partial charge is 0.337 e. The molecule has 1 rings (SSSR count). The van der Waals surface area contributed by atoms with Gasteiger partial charge in [0.05, 0.1) is 6.04 Å². The molecule has 1 unspecified atom stereocenters. The fourth-order valence-corrected chi connectivity index (χ4v) is 2.53. The summed E-state index contributed by atoms with van der Waals surface area (Å²) in [6, 6.07) is -0.299. The van der Waals surface area contributed by atoms with E-state index >= 15 is 0 Å². The van der Waals surface area contributed by atoms with Gasteiger partial charge in [-0.3, -0.25) is 9.59 Å². The van der Waals surface area contributed by atoms with E-state index in [0.717, 1.165) is 0 Å². The average molecular weight is 241 g/mol. The molecule has 0 bridgehead atoms. The Morgan fingerprint density at radius 2 is 1.76 bits per heavy atom. The maximum absolute atomic E-state index is 12.0. The monoisotopic (exact) mass is 241 g/mol. The van der Waals surface area contributed by atoms with E-state index in [4.69, 9.17) is 5.73 Å². The van der Waals surface area contributed by atoms with Crippen LogP contribution in [0.2, 0.25) is 0 Å². The first-order chi connectivity index (χ1) is 7.88. The van der Waals surface area contributed by atoms with Gasteiger partial charge in [0.1, 0.15) is 0 Å². The number of rotatable bonds is 2. The molecule has 0 aromatic heterocycles. The molecule has 2 N–H and O–H groups in total. The Labute approximate surface area is 103 Å². The molecule has 17 heavy (non-hydrogen) atoms. The highest BCUT2D eigenvalue weighted by Gasteiger charge is 2.34. The van der Waals surface area contributed by atoms with Gasteiger partial charge in [-0.2, -0.15) is 0 Å². The normalized spacial score (nSPS) is 26.9. The number of nitrogens with zero attached hydrogens (tertiary/aromatic N) is 2. The summed E-state index contributed by atoms with van der Waals surface area (Å²) in [6.07, 6.45) is 0.647. The van der Waals surface area contributed by atoms with Crippen LogP contribution in [0.1, 0.15) is 34.1 Å². The molecule has 0 spiro atoms. The molecule has 1 heterocycles. The molecule has 3 atom stereocenters. The average Bonchev–Trinajstić information content (AvgIpc) is 2.25. The van der Waals surface area contributed by atoms with Crippen molar-refractivity contribution in [2.24, 2.45) is 5.73 Å². The molecule has 1 saturated heterocycles. The van der Waals surface area contributed by atoms with Crippen molar-refractivity contribution in [1.82, 2.24) is 9.80 Å². The lowest BCUT2D eigenvalue weighted by molar-refractivity contribution is -0.145. The summed E-state index contributed by atoms with van der Waals surface area (Å²) in [7, 11) is 0. The number of carbonyl (C=O) groups is 2. The molecular formula is C12H23N3O2. The summed E-state index contributed by atoms with van der Waals surface area (Å²) in [6.45, 7) is 8.57. The van der Waals surface area contributed by atoms with Crippen molar-refractivity contribution < 1.29 is 9.59 Å². The second-order valence-corrected chi connectivity index (χ2v) is 4.88. The first-order valence-corrected chi connectivity index (χ1v) is 6.21. The van der Waals surface area contributed by atoms with Gasteiger partial charge in [0.2, 0.25) is 11.8 Å². The Balaban J connectivity index is 2.72. The van der Waals surface area contributed by atoms with Gasteiger partial charge in [-0.15, -0.1) is 0 Å². The number of piperazine rings is 1. The predicted octanol–water partition coefficient (Wildman–Crippen LogP) is 0.191. The van der Waals surface area contributed by atoms with E-state index in [-0.39, 0.29) is 23.9 Å². The topological polar surface area (TPSA) is 66.6 Å². The highest BCUT2D eigenvalue weighted by Crippen LogP contribution is 2.16. The second kappa shape index (κ2) is 5.49. The van der Waals surface area contributed by atoms with E-state index in [1.165, 1.54) is 0 Å². The number of amides is 2. The van der Waals surface area contributed by atoms with Crippen LogP contribution in [-0.2, 0) is 9.59 Å². The Kier molecular flexibility index (Phi) is 4.51. The van der Waals surface area contributed by atoms with Crippen molar-refractivity contribution in [2.75, 3.05) is 13.1 Å². The molecule has 5 nitrogen and oxygen atoms in total. The Morgan fingerprint density at radius 1 is 1.29 bits per heavy atom. The third-order valence-corrected chi connectivity index (χ3v) is 3.35. The van der Waals surface area contributed by atoms with E-state index in [0.29, 0.717) is 19.5 Å². The minimum Gasteiger partial charge on any atom is -0.337 e. The highest BCUT2D eigenvalue weighted by atomic mass is 16.2. The molecule has 0 aromatic carbocycles. The first-order valence-electron chi connectivity index (χ1n) is 6.21. The Bertz CT molecular complexity index is 294. The van der Waals surface area contributed by atoms with Gasteiger partial charge in [-0.1, -0.05) is 6.92 Å². The van der Waals surface area contributed by atoms with Gasteiger partial charge in [0.15, 0.2) is 0 Å². The summed E-state index contributed by atoms with van der Waals surface area (Å²) < 4.78 is 0. The SMILES string of the molecule is CCC(N)C(=O)N1C[C@@H](C)N(C(C)=O)[C@@H](C)C1. The van der Waals surface area contributed by atoms with Crippen LogP contribution in [-0.4, -0.2) is 52.8 Å². The molecular weight excluding hydrogens is 218 g/mol. The molecule has 1 aliphatic rings. The zero-order chi connectivity index (χ0) is 13.2. The van der Waals surface area contributed by atoms with Crippen LogP contribution in [0, 0.1) is 0 Å². The van der Waals surface area contributed by atoms with E-state index in [9.17, 15) is 9.59 Å². The third-order valence-electron chi connectivity index (χ3n) is 3.35. The predicted molar refractivity (Wildman–Crippen MR) is 66.3 cm³/mol. The summed E-state index contributed by atoms with van der Waals surface area (Å²) in [5.74, 6) is 0.0614. The minimum atomic E-state index is -0.418. The van der Waals surface area contributed by atoms with Gasteiger partial charge >= 0.3 is 0 Å². The van der Waals surface area contributed by atoms with Crippen molar-refractivity contribution >= 4 is 11.8 Å². The van der Waals surface area contributed by atoms with Gasteiger partial charge in [0.25, 0.3) is 0 Å². The van der Waals surface area contributed by atoms with Crippen LogP contribution in [0.3, 0.4) is 0 Å². The van der Waals surface area contributed by atoms with Crippen LogP contribution in [0.4, 0.5) is 0 Å². The highest BCUT2D eigenvalue weighted by molar-refractivity contribution is 5.82. The lowest BCUT2D eigenvalue weighted by Gasteiger charge is -2.44. The molecule has 2 amide bonds. The third kappa shape index (κ3) is 2.97. The van der Waals surface area contributed by atoms with Crippen LogP contribution >= 0.6 is 0 Å². The van der Waals surface area contributed by atoms with Gasteiger partial charge in [-0.25, -0.2) is 0 Å². The lowest BCUT2D eigenvalue weighted by Crippen LogP contribution is -2.61. The van der Waals surface area contributed by atoms with E-state index < -0.39 is 6.04 Å². The first kappa shape index (κ1) is 14.0. The number of hydrogen-bond acceptors (Lipinski definition) is 3. The van der Waals surface area contributed by atoms with Crippen LogP contribution < -0.4 is 5.73 Å². The Morgan fingerprint density at radius 3 is 2.12 bits per heavy atom. The maximum Gasteiger partial charge on any atom is 0.239 e. The van der Waals surface area contributed by atoms with Crippen molar-refractivity contribution in [1.29, 1.82) is 0 Å². The zero-order valence-corrected chi connectivity index (χ0v) is 11.1. The standard InChI is InChI=1S/C12H23N3O2/c1-5-11(13)12(17)14-6-8(2)15(10(4)16)9(3)7-14/h8-9,11H,5-7,13H2,1-4H3/t8-,9+,11?. The van der Waals surface area contributed by atoms with Crippen LogP contribution in [0.5, 0.6) is 0 Å². The van der Waals surface area contributed by atoms with Gasteiger partial charge < -0.3 is 15.5 Å². The van der Waals surface area contributed by atoms with Crippen molar-refractivity contribution in [3.8, 4) is 0 Å². The number of carbonyl (C=O) groups excluding carboxylic acids is 2. The van der Waals surface area contributed by atoms with E-state index in [1.54, 1.807) is 11.8 Å². The fraction of sp³-hybridized carbons (Fsp3) is 0.833. The fourth-order valence-electron chi connectivity index (χ4n) is 2.53. The quantitative estimate of drug-likeness (QED) is 0.750.